The number of hydrogen-bond donors (Lipinski definition) is 1. The fourth-order valence-corrected chi connectivity index (χ4v) is 3.30. The molecule has 2 amide bonds. The molecule has 23 heavy (non-hydrogen) atoms. The van der Waals surface area contributed by atoms with Crippen LogP contribution in [-0.2, 0) is 9.53 Å². The van der Waals surface area contributed by atoms with Crippen molar-refractivity contribution < 1.29 is 14.3 Å². The second kappa shape index (κ2) is 9.11. The number of nitrogens with one attached hydrogen (secondary N) is 1. The third kappa shape index (κ3) is 5.68. The van der Waals surface area contributed by atoms with Crippen LogP contribution in [0, 0.1) is 11.8 Å². The quantitative estimate of drug-likeness (QED) is 0.782. The van der Waals surface area contributed by atoms with E-state index in [9.17, 15) is 9.59 Å². The lowest BCUT2D eigenvalue weighted by Crippen LogP contribution is -2.47. The highest BCUT2D eigenvalue weighted by Crippen LogP contribution is 2.19. The molecule has 0 aliphatic carbocycles. The Kier molecular flexibility index (Phi) is 7.15. The molecule has 0 saturated carbocycles. The summed E-state index contributed by atoms with van der Waals surface area (Å²) in [5, 5.41) is 3.01. The van der Waals surface area contributed by atoms with Gasteiger partial charge in [-0.05, 0) is 51.6 Å². The van der Waals surface area contributed by atoms with Crippen molar-refractivity contribution >= 4 is 12.0 Å². The van der Waals surface area contributed by atoms with E-state index < -0.39 is 0 Å². The zero-order valence-corrected chi connectivity index (χ0v) is 14.6. The lowest BCUT2D eigenvalue weighted by molar-refractivity contribution is -0.149. The fourth-order valence-electron chi connectivity index (χ4n) is 3.30. The molecule has 0 aromatic carbocycles. The predicted molar refractivity (Wildman–Crippen MR) is 89.2 cm³/mol. The van der Waals surface area contributed by atoms with Crippen LogP contribution < -0.4 is 5.32 Å². The molecular formula is C17H31N3O3. The van der Waals surface area contributed by atoms with Crippen molar-refractivity contribution in [3.05, 3.63) is 0 Å². The van der Waals surface area contributed by atoms with E-state index in [0.717, 1.165) is 25.6 Å². The summed E-state index contributed by atoms with van der Waals surface area (Å²) in [5.74, 6) is 0.669. The normalized spacial score (nSPS) is 21.2. The molecule has 6 heteroatoms. The second-order valence-electron chi connectivity index (χ2n) is 6.77. The molecule has 6 nitrogen and oxygen atoms in total. The van der Waals surface area contributed by atoms with Crippen molar-refractivity contribution in [1.29, 1.82) is 0 Å². The van der Waals surface area contributed by atoms with Gasteiger partial charge in [0.1, 0.15) is 0 Å². The van der Waals surface area contributed by atoms with Crippen molar-refractivity contribution in [2.45, 2.75) is 39.5 Å². The van der Waals surface area contributed by atoms with Gasteiger partial charge in [-0.15, -0.1) is 0 Å². The van der Waals surface area contributed by atoms with E-state index in [4.69, 9.17) is 4.74 Å². The van der Waals surface area contributed by atoms with Crippen LogP contribution in [0.15, 0.2) is 0 Å². The van der Waals surface area contributed by atoms with E-state index in [1.54, 1.807) is 0 Å². The average molecular weight is 325 g/mol. The van der Waals surface area contributed by atoms with Gasteiger partial charge in [0.05, 0.1) is 12.5 Å². The third-order valence-electron chi connectivity index (χ3n) is 4.98. The first-order chi connectivity index (χ1) is 11.1. The van der Waals surface area contributed by atoms with Crippen LogP contribution in [0.25, 0.3) is 0 Å². The predicted octanol–water partition coefficient (Wildman–Crippen LogP) is 1.70. The van der Waals surface area contributed by atoms with E-state index in [2.05, 4.69) is 17.1 Å². The number of amides is 2. The summed E-state index contributed by atoms with van der Waals surface area (Å²) >= 11 is 0. The van der Waals surface area contributed by atoms with Gasteiger partial charge < -0.3 is 19.9 Å². The molecule has 0 bridgehead atoms. The van der Waals surface area contributed by atoms with Gasteiger partial charge in [-0.3, -0.25) is 4.79 Å². The van der Waals surface area contributed by atoms with Crippen molar-refractivity contribution in [3.63, 3.8) is 0 Å². The summed E-state index contributed by atoms with van der Waals surface area (Å²) < 4.78 is 5.05. The van der Waals surface area contributed by atoms with E-state index in [0.29, 0.717) is 39.1 Å². The molecule has 2 heterocycles. The van der Waals surface area contributed by atoms with Gasteiger partial charge in [0, 0.05) is 26.2 Å². The number of rotatable bonds is 5. The lowest BCUT2D eigenvalue weighted by atomic mass is 9.97. The SMILES string of the molecule is CCOC(=O)C1CCN(C(=O)NCCN2CCC(C)CC2)CC1. The Labute approximate surface area is 139 Å². The van der Waals surface area contributed by atoms with Crippen LogP contribution >= 0.6 is 0 Å². The largest absolute Gasteiger partial charge is 0.466 e. The molecule has 2 fully saturated rings. The summed E-state index contributed by atoms with van der Waals surface area (Å²) in [6.45, 7) is 9.73. The standard InChI is InChI=1S/C17H31N3O3/c1-3-23-16(21)15-6-11-20(12-7-15)17(22)18-8-13-19-9-4-14(2)5-10-19/h14-15H,3-13H2,1-2H3,(H,18,22). The maximum absolute atomic E-state index is 12.2. The minimum atomic E-state index is -0.119. The molecule has 2 aliphatic rings. The highest BCUT2D eigenvalue weighted by molar-refractivity contribution is 5.76. The highest BCUT2D eigenvalue weighted by atomic mass is 16.5. The summed E-state index contributed by atoms with van der Waals surface area (Å²) in [4.78, 5) is 28.1. The first kappa shape index (κ1) is 18.0. The second-order valence-corrected chi connectivity index (χ2v) is 6.77. The molecule has 2 rings (SSSR count). The first-order valence-electron chi connectivity index (χ1n) is 9.02. The topological polar surface area (TPSA) is 61.9 Å². The lowest BCUT2D eigenvalue weighted by Gasteiger charge is -2.32. The molecule has 0 spiro atoms. The van der Waals surface area contributed by atoms with Crippen LogP contribution in [0.5, 0.6) is 0 Å². The van der Waals surface area contributed by atoms with Gasteiger partial charge in [-0.2, -0.15) is 0 Å². The van der Waals surface area contributed by atoms with Crippen LogP contribution in [0.1, 0.15) is 39.5 Å². The molecule has 0 aromatic rings. The Bertz CT molecular complexity index is 387. The third-order valence-corrected chi connectivity index (χ3v) is 4.98. The minimum absolute atomic E-state index is 0.00214. The molecule has 2 saturated heterocycles. The van der Waals surface area contributed by atoms with Crippen LogP contribution in [0.3, 0.4) is 0 Å². The van der Waals surface area contributed by atoms with Gasteiger partial charge in [0.15, 0.2) is 0 Å². The summed E-state index contributed by atoms with van der Waals surface area (Å²) in [6.07, 6.45) is 3.93. The van der Waals surface area contributed by atoms with E-state index >= 15 is 0 Å². The monoisotopic (exact) mass is 325 g/mol. The number of carbonyl (C=O) groups is 2. The molecule has 2 aliphatic heterocycles. The molecule has 0 aromatic heterocycles. The number of ether oxygens (including phenoxy) is 1. The number of likely N-dealkylation sites (tertiary alicyclic amines) is 2. The van der Waals surface area contributed by atoms with Crippen molar-refractivity contribution in [1.82, 2.24) is 15.1 Å². The van der Waals surface area contributed by atoms with Crippen LogP contribution in [-0.4, -0.2) is 67.7 Å². The van der Waals surface area contributed by atoms with Gasteiger partial charge in [-0.1, -0.05) is 6.92 Å². The van der Waals surface area contributed by atoms with Gasteiger partial charge in [0.25, 0.3) is 0 Å². The van der Waals surface area contributed by atoms with Crippen molar-refractivity contribution in [3.8, 4) is 0 Å². The Morgan fingerprint density at radius 3 is 2.35 bits per heavy atom. The zero-order valence-electron chi connectivity index (χ0n) is 14.6. The average Bonchev–Trinajstić information content (AvgIpc) is 2.57. The Balaban J connectivity index is 1.60. The molecule has 132 valence electrons. The van der Waals surface area contributed by atoms with Gasteiger partial charge in [0.2, 0.25) is 0 Å². The van der Waals surface area contributed by atoms with Crippen molar-refractivity contribution in [2.75, 3.05) is 45.9 Å². The fraction of sp³-hybridized carbons (Fsp3) is 0.882. The zero-order chi connectivity index (χ0) is 16.7. The molecule has 0 unspecified atom stereocenters. The highest BCUT2D eigenvalue weighted by Gasteiger charge is 2.28. The van der Waals surface area contributed by atoms with Gasteiger partial charge in [-0.25, -0.2) is 4.79 Å². The molecular weight excluding hydrogens is 294 g/mol. The van der Waals surface area contributed by atoms with Crippen molar-refractivity contribution in [2.24, 2.45) is 11.8 Å². The smallest absolute Gasteiger partial charge is 0.317 e. The number of hydrogen-bond acceptors (Lipinski definition) is 4. The van der Waals surface area contributed by atoms with E-state index in [1.807, 2.05) is 11.8 Å². The summed E-state index contributed by atoms with van der Waals surface area (Å²) in [6, 6.07) is -0.00214. The Morgan fingerprint density at radius 2 is 1.74 bits per heavy atom. The maximum Gasteiger partial charge on any atom is 0.317 e. The van der Waals surface area contributed by atoms with Crippen LogP contribution in [0.4, 0.5) is 4.79 Å². The van der Waals surface area contributed by atoms with Gasteiger partial charge >= 0.3 is 12.0 Å². The van der Waals surface area contributed by atoms with Crippen LogP contribution in [0.2, 0.25) is 0 Å². The number of carbonyl (C=O) groups excluding carboxylic acids is 2. The maximum atomic E-state index is 12.2. The van der Waals surface area contributed by atoms with E-state index in [1.165, 1.54) is 12.8 Å². The minimum Gasteiger partial charge on any atom is -0.466 e. The Morgan fingerprint density at radius 1 is 1.09 bits per heavy atom. The summed E-state index contributed by atoms with van der Waals surface area (Å²) in [5.41, 5.74) is 0. The number of piperidine rings is 2. The van der Waals surface area contributed by atoms with E-state index in [-0.39, 0.29) is 17.9 Å². The number of nitrogens with zero attached hydrogens (tertiary/aromatic N) is 2. The Hall–Kier alpha value is -1.30. The molecule has 1 N–H and O–H groups in total. The number of urea groups is 1. The molecule has 0 atom stereocenters. The number of esters is 1. The molecule has 0 radical (unpaired) electrons. The summed E-state index contributed by atoms with van der Waals surface area (Å²) in [7, 11) is 0. The first-order valence-corrected chi connectivity index (χ1v) is 9.02.